The summed E-state index contributed by atoms with van der Waals surface area (Å²) in [7, 11) is 1.50. The van der Waals surface area contributed by atoms with Gasteiger partial charge in [0.25, 0.3) is 11.5 Å². The lowest BCUT2D eigenvalue weighted by Gasteiger charge is -2.25. The van der Waals surface area contributed by atoms with Crippen LogP contribution in [-0.2, 0) is 9.53 Å². The van der Waals surface area contributed by atoms with Gasteiger partial charge in [-0.15, -0.1) is 11.3 Å². The number of carbonyl (C=O) groups excluding carboxylic acids is 2. The first-order valence-electron chi connectivity index (χ1n) is 11.3. The number of rotatable bonds is 8. The zero-order chi connectivity index (χ0) is 26.7. The minimum Gasteiger partial charge on any atom is -0.497 e. The molecule has 0 aliphatic carbocycles. The molecule has 1 N–H and O–H groups in total. The number of halogens is 1. The fourth-order valence-corrected chi connectivity index (χ4v) is 4.56. The fraction of sp³-hybridized carbons (Fsp3) is 0.231. The number of ether oxygens (including phenoxy) is 3. The second kappa shape index (κ2) is 10.6. The van der Waals surface area contributed by atoms with E-state index in [1.807, 2.05) is 0 Å². The Kier molecular flexibility index (Phi) is 7.51. The molecule has 0 radical (unpaired) electrons. The number of nitrogens with zero attached hydrogens (tertiary/aromatic N) is 2. The molecule has 4 rings (SSSR count). The molecule has 0 atom stereocenters. The molecule has 192 valence electrons. The van der Waals surface area contributed by atoms with Crippen LogP contribution in [0.3, 0.4) is 0 Å². The number of nitrogens with one attached hydrogen (secondary N) is 1. The van der Waals surface area contributed by atoms with Gasteiger partial charge in [0.15, 0.2) is 11.3 Å². The van der Waals surface area contributed by atoms with Crippen molar-refractivity contribution in [3.8, 4) is 17.2 Å². The van der Waals surface area contributed by atoms with Crippen molar-refractivity contribution in [1.29, 1.82) is 0 Å². The highest BCUT2D eigenvalue weighted by Crippen LogP contribution is 2.32. The second-order valence-electron chi connectivity index (χ2n) is 8.36. The van der Waals surface area contributed by atoms with Crippen molar-refractivity contribution in [3.05, 3.63) is 75.0 Å². The quantitative estimate of drug-likeness (QED) is 0.310. The van der Waals surface area contributed by atoms with Crippen molar-refractivity contribution in [2.45, 2.75) is 26.4 Å². The topological polar surface area (TPSA) is 109 Å². The zero-order valence-electron chi connectivity index (χ0n) is 20.5. The predicted molar refractivity (Wildman–Crippen MR) is 143 cm³/mol. The molecule has 2 heterocycles. The Bertz CT molecular complexity index is 1530. The molecule has 2 aromatic carbocycles. The number of anilines is 1. The van der Waals surface area contributed by atoms with Crippen LogP contribution in [0.15, 0.2) is 58.7 Å². The van der Waals surface area contributed by atoms with Gasteiger partial charge in [-0.05, 0) is 57.2 Å². The Labute approximate surface area is 221 Å². The molecule has 37 heavy (non-hydrogen) atoms. The first-order valence-corrected chi connectivity index (χ1v) is 12.5. The van der Waals surface area contributed by atoms with E-state index in [0.29, 0.717) is 22.2 Å². The van der Waals surface area contributed by atoms with Crippen LogP contribution in [0.4, 0.5) is 5.00 Å². The average molecular weight is 542 g/mol. The van der Waals surface area contributed by atoms with Gasteiger partial charge in [0, 0.05) is 21.9 Å². The second-order valence-corrected chi connectivity index (χ2v) is 9.68. The standard InChI is InChI=1S/C26H24ClN3O6S/c1-5-35-24(32)21-19-14-37-22(28-25(33)26(2,3)36-17-11-9-15(27)10-12-17)20(19)23(31)30(29-21)16-7-6-8-18(13-16)34-4/h6-14H,5H2,1-4H3,(H,28,33). The molecule has 0 spiro atoms. The van der Waals surface area contributed by atoms with Crippen molar-refractivity contribution in [2.24, 2.45) is 0 Å². The van der Waals surface area contributed by atoms with Gasteiger partial charge in [-0.3, -0.25) is 9.59 Å². The smallest absolute Gasteiger partial charge is 0.359 e. The van der Waals surface area contributed by atoms with Gasteiger partial charge in [-0.1, -0.05) is 17.7 Å². The third-order valence-electron chi connectivity index (χ3n) is 5.38. The Morgan fingerprint density at radius 1 is 1.14 bits per heavy atom. The van der Waals surface area contributed by atoms with Crippen molar-refractivity contribution >= 4 is 50.6 Å². The van der Waals surface area contributed by atoms with Gasteiger partial charge in [-0.2, -0.15) is 9.78 Å². The number of hydrogen-bond acceptors (Lipinski definition) is 8. The van der Waals surface area contributed by atoms with E-state index in [9.17, 15) is 14.4 Å². The van der Waals surface area contributed by atoms with E-state index < -0.39 is 23.0 Å². The summed E-state index contributed by atoms with van der Waals surface area (Å²) in [6.45, 7) is 5.01. The number of benzene rings is 2. The van der Waals surface area contributed by atoms with Crippen LogP contribution in [0.5, 0.6) is 11.5 Å². The Balaban J connectivity index is 1.78. The normalized spacial score (nSPS) is 11.3. The van der Waals surface area contributed by atoms with Crippen molar-refractivity contribution < 1.29 is 23.8 Å². The molecule has 0 unspecified atom stereocenters. The van der Waals surface area contributed by atoms with Crippen LogP contribution < -0.4 is 20.3 Å². The Morgan fingerprint density at radius 3 is 2.54 bits per heavy atom. The first-order chi connectivity index (χ1) is 17.6. The number of thiophene rings is 1. The van der Waals surface area contributed by atoms with Crippen LogP contribution in [0.2, 0.25) is 5.02 Å². The lowest BCUT2D eigenvalue weighted by Crippen LogP contribution is -2.42. The molecular formula is C26H24ClN3O6S. The van der Waals surface area contributed by atoms with E-state index in [4.69, 9.17) is 25.8 Å². The number of aromatic nitrogens is 2. The minimum absolute atomic E-state index is 0.0484. The summed E-state index contributed by atoms with van der Waals surface area (Å²) in [4.78, 5) is 39.6. The van der Waals surface area contributed by atoms with Crippen molar-refractivity contribution in [3.63, 3.8) is 0 Å². The summed E-state index contributed by atoms with van der Waals surface area (Å²) >= 11 is 7.03. The summed E-state index contributed by atoms with van der Waals surface area (Å²) in [6, 6.07) is 13.3. The van der Waals surface area contributed by atoms with Gasteiger partial charge < -0.3 is 19.5 Å². The molecule has 2 aromatic heterocycles. The van der Waals surface area contributed by atoms with Gasteiger partial charge in [0.1, 0.15) is 16.5 Å². The summed E-state index contributed by atoms with van der Waals surface area (Å²) in [5.41, 5.74) is -1.49. The molecule has 1 amide bonds. The van der Waals surface area contributed by atoms with Gasteiger partial charge >= 0.3 is 5.97 Å². The van der Waals surface area contributed by atoms with E-state index in [2.05, 4.69) is 10.4 Å². The maximum absolute atomic E-state index is 13.6. The highest BCUT2D eigenvalue weighted by Gasteiger charge is 2.32. The van der Waals surface area contributed by atoms with E-state index in [0.717, 1.165) is 16.0 Å². The van der Waals surface area contributed by atoms with E-state index in [1.54, 1.807) is 74.7 Å². The highest BCUT2D eigenvalue weighted by atomic mass is 35.5. The van der Waals surface area contributed by atoms with E-state index in [-0.39, 0.29) is 28.1 Å². The lowest BCUT2D eigenvalue weighted by molar-refractivity contribution is -0.128. The molecule has 0 saturated heterocycles. The maximum atomic E-state index is 13.6. The molecule has 0 aliphatic heterocycles. The summed E-state index contributed by atoms with van der Waals surface area (Å²) < 4.78 is 17.4. The number of carbonyl (C=O) groups is 2. The van der Waals surface area contributed by atoms with E-state index in [1.165, 1.54) is 7.11 Å². The average Bonchev–Trinajstić information content (AvgIpc) is 3.29. The molecular weight excluding hydrogens is 518 g/mol. The minimum atomic E-state index is -1.30. The Morgan fingerprint density at radius 2 is 1.86 bits per heavy atom. The SMILES string of the molecule is CCOC(=O)c1nn(-c2cccc(OC)c2)c(=O)c2c(NC(=O)C(C)(C)Oc3ccc(Cl)cc3)scc12. The van der Waals surface area contributed by atoms with Crippen LogP contribution >= 0.6 is 22.9 Å². The molecule has 4 aromatic rings. The number of hydrogen-bond donors (Lipinski definition) is 1. The summed E-state index contributed by atoms with van der Waals surface area (Å²) in [5.74, 6) is -0.224. The van der Waals surface area contributed by atoms with Crippen molar-refractivity contribution in [1.82, 2.24) is 9.78 Å². The van der Waals surface area contributed by atoms with Gasteiger partial charge in [0.05, 0.1) is 24.8 Å². The largest absolute Gasteiger partial charge is 0.497 e. The molecule has 0 bridgehead atoms. The summed E-state index contributed by atoms with van der Waals surface area (Å²) in [6.07, 6.45) is 0. The van der Waals surface area contributed by atoms with Crippen LogP contribution in [0.25, 0.3) is 16.5 Å². The number of fused-ring (bicyclic) bond motifs is 1. The highest BCUT2D eigenvalue weighted by molar-refractivity contribution is 7.16. The third-order valence-corrected chi connectivity index (χ3v) is 6.53. The van der Waals surface area contributed by atoms with E-state index >= 15 is 0 Å². The number of esters is 1. The fourth-order valence-electron chi connectivity index (χ4n) is 3.51. The summed E-state index contributed by atoms with van der Waals surface area (Å²) in [5, 5.41) is 9.88. The number of methoxy groups -OCH3 is 1. The predicted octanol–water partition coefficient (Wildman–Crippen LogP) is 5.08. The van der Waals surface area contributed by atoms with Crippen LogP contribution in [-0.4, -0.2) is 41.0 Å². The zero-order valence-corrected chi connectivity index (χ0v) is 22.1. The first kappa shape index (κ1) is 26.2. The van der Waals surface area contributed by atoms with Crippen LogP contribution in [0.1, 0.15) is 31.3 Å². The monoisotopic (exact) mass is 541 g/mol. The lowest BCUT2D eigenvalue weighted by atomic mass is 10.1. The maximum Gasteiger partial charge on any atom is 0.359 e. The third kappa shape index (κ3) is 5.45. The number of amides is 1. The molecule has 0 fully saturated rings. The molecule has 9 nitrogen and oxygen atoms in total. The molecule has 0 aliphatic rings. The molecule has 11 heteroatoms. The Hall–Kier alpha value is -3.89. The van der Waals surface area contributed by atoms with Gasteiger partial charge in [-0.25, -0.2) is 4.79 Å². The molecule has 0 saturated carbocycles. The van der Waals surface area contributed by atoms with Gasteiger partial charge in [0.2, 0.25) is 0 Å². The van der Waals surface area contributed by atoms with Crippen molar-refractivity contribution in [2.75, 3.05) is 19.0 Å². The van der Waals surface area contributed by atoms with Crippen LogP contribution in [0, 0.1) is 0 Å².